The Labute approximate surface area is 263 Å². The van der Waals surface area contributed by atoms with E-state index in [1.165, 1.54) is 0 Å². The van der Waals surface area contributed by atoms with E-state index in [0.717, 1.165) is 12.8 Å². The maximum Gasteiger partial charge on any atom is 0.481 e. The fourth-order valence-corrected chi connectivity index (χ4v) is 8.32. The first kappa shape index (κ1) is 32.8. The lowest BCUT2D eigenvalue weighted by Crippen LogP contribution is -2.67. The van der Waals surface area contributed by atoms with Crippen molar-refractivity contribution in [1.82, 2.24) is 15.5 Å². The summed E-state index contributed by atoms with van der Waals surface area (Å²) in [6.07, 6.45) is 3.19. The van der Waals surface area contributed by atoms with Gasteiger partial charge in [-0.05, 0) is 88.5 Å². The topological polar surface area (TPSA) is 106 Å². The van der Waals surface area contributed by atoms with Crippen LogP contribution in [-0.2, 0) is 23.6 Å². The van der Waals surface area contributed by atoms with Gasteiger partial charge >= 0.3 is 13.2 Å². The molecule has 2 heterocycles. The highest BCUT2D eigenvalue weighted by Crippen LogP contribution is 2.65. The number of ether oxygens (including phenoxy) is 1. The summed E-state index contributed by atoms with van der Waals surface area (Å²) in [6.45, 7) is 18.5. The number of benzene rings is 1. The van der Waals surface area contributed by atoms with Crippen LogP contribution in [0.25, 0.3) is 0 Å². The summed E-state index contributed by atoms with van der Waals surface area (Å²) in [6, 6.07) is 8.50. The summed E-state index contributed by atoms with van der Waals surface area (Å²) in [5, 5.41) is 6.17. The Morgan fingerprint density at radius 2 is 1.82 bits per heavy atom. The molecule has 5 fully saturated rings. The van der Waals surface area contributed by atoms with Crippen LogP contribution in [0.1, 0.15) is 106 Å². The van der Waals surface area contributed by atoms with E-state index in [1.807, 2.05) is 51.1 Å². The van der Waals surface area contributed by atoms with Gasteiger partial charge in [0.05, 0.1) is 17.6 Å². The van der Waals surface area contributed by atoms with Crippen LogP contribution in [0.15, 0.2) is 30.3 Å². The van der Waals surface area contributed by atoms with Gasteiger partial charge in [0.2, 0.25) is 11.8 Å². The van der Waals surface area contributed by atoms with E-state index in [9.17, 15) is 14.4 Å². The van der Waals surface area contributed by atoms with Crippen molar-refractivity contribution in [2.45, 2.75) is 129 Å². The van der Waals surface area contributed by atoms with Crippen LogP contribution in [0, 0.1) is 23.2 Å². The predicted molar refractivity (Wildman–Crippen MR) is 169 cm³/mol. The monoisotopic (exact) mass is 609 g/mol. The maximum absolute atomic E-state index is 14.5. The van der Waals surface area contributed by atoms with Crippen LogP contribution in [0.2, 0.25) is 0 Å². The highest BCUT2D eigenvalue weighted by molar-refractivity contribution is 6.47. The van der Waals surface area contributed by atoms with Crippen LogP contribution in [0.4, 0.5) is 4.79 Å². The molecule has 6 rings (SSSR count). The van der Waals surface area contributed by atoms with Crippen LogP contribution in [0.5, 0.6) is 0 Å². The molecule has 1 aromatic carbocycles. The van der Waals surface area contributed by atoms with Gasteiger partial charge in [-0.1, -0.05) is 65.0 Å². The van der Waals surface area contributed by atoms with Gasteiger partial charge in [-0.15, -0.1) is 0 Å². The van der Waals surface area contributed by atoms with Crippen LogP contribution in [-0.4, -0.2) is 65.3 Å². The highest BCUT2D eigenvalue weighted by atomic mass is 16.7. The van der Waals surface area contributed by atoms with Crippen molar-refractivity contribution < 1.29 is 28.4 Å². The van der Waals surface area contributed by atoms with E-state index in [-0.39, 0.29) is 40.8 Å². The van der Waals surface area contributed by atoms with E-state index in [1.54, 1.807) is 25.7 Å². The van der Waals surface area contributed by atoms with Crippen molar-refractivity contribution in [3.05, 3.63) is 35.9 Å². The van der Waals surface area contributed by atoms with E-state index in [2.05, 4.69) is 31.4 Å². The quantitative estimate of drug-likeness (QED) is 0.381. The van der Waals surface area contributed by atoms with Gasteiger partial charge in [-0.3, -0.25) is 9.59 Å². The first-order chi connectivity index (χ1) is 20.5. The number of alkyl carbamates (subject to hydrolysis) is 1. The molecular formula is C34H52BN3O6. The van der Waals surface area contributed by atoms with Gasteiger partial charge < -0.3 is 29.6 Å². The fourth-order valence-electron chi connectivity index (χ4n) is 8.32. The van der Waals surface area contributed by atoms with Crippen LogP contribution >= 0.6 is 0 Å². The standard InChI is InChI=1S/C34H52BN3O6/c1-10-26(35-43-25-20-23-19-24(32(23,7)8)33(25,9)44-35)36-28(39)27(22-15-12-11-13-16-22)38-18-14-17-34(21(2)3,29(38)40)37-30(41)42-31(4,5)6/h11-13,15-16,21,23-27H,10,14,17-20H2,1-9H3,(H,36,39)(H,37,41)/t23-,24-,25?,26+,27+,33+,34?/m1/s1. The Hall–Kier alpha value is -2.59. The molecule has 3 aliphatic carbocycles. The lowest BCUT2D eigenvalue weighted by Gasteiger charge is -2.64. The first-order valence-electron chi connectivity index (χ1n) is 16.5. The highest BCUT2D eigenvalue weighted by Gasteiger charge is 2.68. The Morgan fingerprint density at radius 1 is 1.14 bits per heavy atom. The average Bonchev–Trinajstić information content (AvgIpc) is 3.30. The van der Waals surface area contributed by atoms with E-state index in [0.29, 0.717) is 43.2 Å². The molecule has 1 aromatic rings. The van der Waals surface area contributed by atoms with Crippen LogP contribution in [0.3, 0.4) is 0 Å². The molecule has 242 valence electrons. The average molecular weight is 610 g/mol. The smallest absolute Gasteiger partial charge is 0.444 e. The summed E-state index contributed by atoms with van der Waals surface area (Å²) >= 11 is 0. The maximum atomic E-state index is 14.5. The normalized spacial score (nSPS) is 32.4. The second-order valence-corrected chi connectivity index (χ2v) is 15.5. The summed E-state index contributed by atoms with van der Waals surface area (Å²) in [7, 11) is -0.564. The number of likely N-dealkylation sites (tertiary alicyclic amines) is 1. The molecule has 10 heteroatoms. The van der Waals surface area contributed by atoms with Crippen molar-refractivity contribution in [3.63, 3.8) is 0 Å². The molecule has 2 aliphatic heterocycles. The van der Waals surface area contributed by atoms with Gasteiger partial charge in [0.25, 0.3) is 0 Å². The third kappa shape index (κ3) is 5.66. The van der Waals surface area contributed by atoms with E-state index in [4.69, 9.17) is 14.0 Å². The molecule has 3 saturated carbocycles. The number of nitrogens with one attached hydrogen (secondary N) is 2. The number of nitrogens with zero attached hydrogens (tertiary/aromatic N) is 1. The van der Waals surface area contributed by atoms with Crippen molar-refractivity contribution in [2.24, 2.45) is 23.2 Å². The zero-order valence-corrected chi connectivity index (χ0v) is 28.1. The molecule has 0 radical (unpaired) electrons. The molecular weight excluding hydrogens is 557 g/mol. The Bertz CT molecular complexity index is 1250. The van der Waals surface area contributed by atoms with Crippen molar-refractivity contribution >= 4 is 25.0 Å². The van der Waals surface area contributed by atoms with Crippen molar-refractivity contribution in [1.29, 1.82) is 0 Å². The molecule has 0 aromatic heterocycles. The molecule has 2 bridgehead atoms. The van der Waals surface area contributed by atoms with E-state index < -0.39 is 30.4 Å². The lowest BCUT2D eigenvalue weighted by molar-refractivity contribution is -0.199. The first-order valence-corrected chi connectivity index (χ1v) is 16.5. The van der Waals surface area contributed by atoms with Gasteiger partial charge in [-0.2, -0.15) is 0 Å². The second-order valence-electron chi connectivity index (χ2n) is 15.5. The Morgan fingerprint density at radius 3 is 2.41 bits per heavy atom. The minimum atomic E-state index is -1.20. The number of carbonyl (C=O) groups is 3. The SMILES string of the molecule is CC[C@H](NC(=O)[C@H](c1ccccc1)N1CCCC(NC(=O)OC(C)(C)C)(C(C)C)C1=O)B1OC2C[C@H]3C[C@H](C3(C)C)[C@]2(C)O1. The van der Waals surface area contributed by atoms with Crippen molar-refractivity contribution in [2.75, 3.05) is 6.54 Å². The molecule has 3 amide bonds. The second kappa shape index (κ2) is 11.6. The molecule has 0 spiro atoms. The summed E-state index contributed by atoms with van der Waals surface area (Å²) in [5.41, 5.74) is -1.36. The van der Waals surface area contributed by atoms with Crippen LogP contribution < -0.4 is 10.6 Å². The number of amides is 3. The summed E-state index contributed by atoms with van der Waals surface area (Å²) in [5.74, 6) is -0.132. The molecule has 2 saturated heterocycles. The molecule has 2 unspecified atom stereocenters. The van der Waals surface area contributed by atoms with Crippen molar-refractivity contribution in [3.8, 4) is 0 Å². The summed E-state index contributed by atoms with van der Waals surface area (Å²) in [4.78, 5) is 43.4. The minimum Gasteiger partial charge on any atom is -0.444 e. The number of piperidine rings is 1. The molecule has 2 N–H and O–H groups in total. The van der Waals surface area contributed by atoms with Gasteiger partial charge in [0.1, 0.15) is 17.2 Å². The molecule has 7 atom stereocenters. The largest absolute Gasteiger partial charge is 0.481 e. The minimum absolute atomic E-state index is 0.00871. The number of carbonyl (C=O) groups excluding carboxylic acids is 3. The zero-order valence-electron chi connectivity index (χ0n) is 28.1. The zero-order chi connectivity index (χ0) is 32.2. The third-order valence-corrected chi connectivity index (χ3v) is 11.1. The van der Waals surface area contributed by atoms with Gasteiger partial charge in [-0.25, -0.2) is 4.79 Å². The number of rotatable bonds is 8. The molecule has 9 nitrogen and oxygen atoms in total. The number of hydrogen-bond donors (Lipinski definition) is 2. The molecule has 44 heavy (non-hydrogen) atoms. The van der Waals surface area contributed by atoms with Gasteiger partial charge in [0, 0.05) is 6.54 Å². The Balaban J connectivity index is 1.39. The lowest BCUT2D eigenvalue weighted by atomic mass is 9.43. The third-order valence-electron chi connectivity index (χ3n) is 11.1. The molecule has 5 aliphatic rings. The Kier molecular flexibility index (Phi) is 8.68. The predicted octanol–water partition coefficient (Wildman–Crippen LogP) is 5.43. The van der Waals surface area contributed by atoms with Gasteiger partial charge in [0.15, 0.2) is 0 Å². The summed E-state index contributed by atoms with van der Waals surface area (Å²) < 4.78 is 18.8. The number of hydrogen-bond acceptors (Lipinski definition) is 6. The van der Waals surface area contributed by atoms with E-state index >= 15 is 0 Å². The fraction of sp³-hybridized carbons (Fsp3) is 0.735.